The van der Waals surface area contributed by atoms with Crippen molar-refractivity contribution in [1.29, 1.82) is 0 Å². The largest absolute Gasteiger partial charge is 0.492 e. The number of para-hydroxylation sites is 1. The van der Waals surface area contributed by atoms with Crippen LogP contribution in [-0.2, 0) is 9.53 Å². The fourth-order valence-corrected chi connectivity index (χ4v) is 2.18. The van der Waals surface area contributed by atoms with Gasteiger partial charge in [0, 0.05) is 5.75 Å². The van der Waals surface area contributed by atoms with Crippen molar-refractivity contribution in [2.45, 2.75) is 20.8 Å². The van der Waals surface area contributed by atoms with E-state index in [0.29, 0.717) is 19.0 Å². The van der Waals surface area contributed by atoms with E-state index in [0.717, 1.165) is 22.6 Å². The molecule has 0 atom stereocenters. The van der Waals surface area contributed by atoms with Crippen molar-refractivity contribution >= 4 is 17.7 Å². The number of esters is 1. The van der Waals surface area contributed by atoms with E-state index in [4.69, 9.17) is 9.47 Å². The number of thioether (sulfide) groups is 1. The van der Waals surface area contributed by atoms with Crippen LogP contribution < -0.4 is 4.74 Å². The number of aryl methyl sites for hydroxylation is 2. The van der Waals surface area contributed by atoms with Gasteiger partial charge in [0.05, 0.1) is 19.0 Å². The Bertz CT molecular complexity index is 370. The second-order valence-corrected chi connectivity index (χ2v) is 5.03. The molecule has 1 aromatic carbocycles. The Labute approximate surface area is 113 Å². The molecule has 0 aliphatic heterocycles. The van der Waals surface area contributed by atoms with E-state index in [2.05, 4.69) is 0 Å². The van der Waals surface area contributed by atoms with E-state index >= 15 is 0 Å². The number of rotatable bonds is 7. The van der Waals surface area contributed by atoms with Gasteiger partial charge in [-0.3, -0.25) is 4.79 Å². The van der Waals surface area contributed by atoms with E-state index in [1.165, 1.54) is 11.8 Å². The summed E-state index contributed by atoms with van der Waals surface area (Å²) in [4.78, 5) is 11.1. The molecule has 0 aliphatic rings. The molecule has 0 N–H and O–H groups in total. The van der Waals surface area contributed by atoms with Crippen LogP contribution in [0.1, 0.15) is 18.1 Å². The van der Waals surface area contributed by atoms with Crippen molar-refractivity contribution in [2.75, 3.05) is 24.7 Å². The maximum absolute atomic E-state index is 11.1. The molecule has 0 spiro atoms. The lowest BCUT2D eigenvalue weighted by atomic mass is 10.1. The van der Waals surface area contributed by atoms with Gasteiger partial charge in [0.1, 0.15) is 5.75 Å². The van der Waals surface area contributed by atoms with E-state index < -0.39 is 0 Å². The molecule has 0 aliphatic carbocycles. The number of carbonyl (C=O) groups excluding carboxylic acids is 1. The predicted octanol–water partition coefficient (Wildman–Crippen LogP) is 2.98. The Morgan fingerprint density at radius 2 is 1.94 bits per heavy atom. The van der Waals surface area contributed by atoms with Crippen LogP contribution in [0.4, 0.5) is 0 Å². The van der Waals surface area contributed by atoms with Gasteiger partial charge in [-0.15, -0.1) is 11.8 Å². The molecule has 0 amide bonds. The van der Waals surface area contributed by atoms with Gasteiger partial charge in [-0.2, -0.15) is 0 Å². The maximum Gasteiger partial charge on any atom is 0.315 e. The van der Waals surface area contributed by atoms with Crippen LogP contribution in [-0.4, -0.2) is 30.7 Å². The summed E-state index contributed by atoms with van der Waals surface area (Å²) in [5.41, 5.74) is 2.29. The molecule has 0 saturated carbocycles. The SMILES string of the molecule is CCOC(=O)CSCCOc1c(C)cccc1C. The maximum atomic E-state index is 11.1. The van der Waals surface area contributed by atoms with Gasteiger partial charge in [-0.1, -0.05) is 18.2 Å². The third kappa shape index (κ3) is 5.00. The highest BCUT2D eigenvalue weighted by Gasteiger charge is 2.04. The van der Waals surface area contributed by atoms with Gasteiger partial charge in [0.15, 0.2) is 0 Å². The molecule has 0 heterocycles. The minimum absolute atomic E-state index is 0.158. The van der Waals surface area contributed by atoms with Gasteiger partial charge in [-0.05, 0) is 31.9 Å². The summed E-state index contributed by atoms with van der Waals surface area (Å²) >= 11 is 1.53. The number of carbonyl (C=O) groups is 1. The van der Waals surface area contributed by atoms with Crippen LogP contribution in [0.3, 0.4) is 0 Å². The van der Waals surface area contributed by atoms with Crippen LogP contribution in [0.5, 0.6) is 5.75 Å². The lowest BCUT2D eigenvalue weighted by Gasteiger charge is -2.11. The van der Waals surface area contributed by atoms with E-state index in [1.807, 2.05) is 39.0 Å². The quantitative estimate of drug-likeness (QED) is 0.562. The Morgan fingerprint density at radius 1 is 1.28 bits per heavy atom. The fourth-order valence-electron chi connectivity index (χ4n) is 1.59. The van der Waals surface area contributed by atoms with Gasteiger partial charge in [-0.25, -0.2) is 0 Å². The first kappa shape index (κ1) is 14.9. The molecular formula is C14H20O3S. The average molecular weight is 268 g/mol. The summed E-state index contributed by atoms with van der Waals surface area (Å²) in [6, 6.07) is 6.09. The van der Waals surface area contributed by atoms with Crippen LogP contribution in [0, 0.1) is 13.8 Å². The van der Waals surface area contributed by atoms with Crippen LogP contribution in [0.15, 0.2) is 18.2 Å². The highest BCUT2D eigenvalue weighted by Crippen LogP contribution is 2.22. The lowest BCUT2D eigenvalue weighted by molar-refractivity contribution is -0.139. The summed E-state index contributed by atoms with van der Waals surface area (Å²) in [7, 11) is 0. The topological polar surface area (TPSA) is 35.5 Å². The van der Waals surface area contributed by atoms with Crippen molar-refractivity contribution in [2.24, 2.45) is 0 Å². The average Bonchev–Trinajstić information content (AvgIpc) is 2.32. The molecular weight excluding hydrogens is 248 g/mol. The second kappa shape index (κ2) is 8.03. The third-order valence-electron chi connectivity index (χ3n) is 2.41. The van der Waals surface area contributed by atoms with E-state index in [9.17, 15) is 4.79 Å². The van der Waals surface area contributed by atoms with Gasteiger partial charge in [0.2, 0.25) is 0 Å². The first-order chi connectivity index (χ1) is 8.65. The molecule has 4 heteroatoms. The van der Waals surface area contributed by atoms with Crippen LogP contribution >= 0.6 is 11.8 Å². The summed E-state index contributed by atoms with van der Waals surface area (Å²) in [5, 5.41) is 0. The summed E-state index contributed by atoms with van der Waals surface area (Å²) in [5.74, 6) is 1.97. The normalized spacial score (nSPS) is 10.2. The highest BCUT2D eigenvalue weighted by molar-refractivity contribution is 7.99. The lowest BCUT2D eigenvalue weighted by Crippen LogP contribution is -2.09. The van der Waals surface area contributed by atoms with E-state index in [1.54, 1.807) is 0 Å². The van der Waals surface area contributed by atoms with Crippen LogP contribution in [0.25, 0.3) is 0 Å². The zero-order chi connectivity index (χ0) is 13.4. The highest BCUT2D eigenvalue weighted by atomic mass is 32.2. The summed E-state index contributed by atoms with van der Waals surface area (Å²) < 4.78 is 10.6. The number of ether oxygens (including phenoxy) is 2. The smallest absolute Gasteiger partial charge is 0.315 e. The molecule has 0 fully saturated rings. The Balaban J connectivity index is 2.24. The summed E-state index contributed by atoms with van der Waals surface area (Å²) in [6.07, 6.45) is 0. The molecule has 1 rings (SSSR count). The number of benzene rings is 1. The standard InChI is InChI=1S/C14H20O3S/c1-4-16-13(15)10-18-9-8-17-14-11(2)6-5-7-12(14)3/h5-7H,4,8-10H2,1-3H3. The molecule has 1 aromatic rings. The van der Waals surface area contributed by atoms with Crippen molar-refractivity contribution in [1.82, 2.24) is 0 Å². The van der Waals surface area contributed by atoms with Gasteiger partial charge < -0.3 is 9.47 Å². The molecule has 0 aromatic heterocycles. The van der Waals surface area contributed by atoms with Crippen molar-refractivity contribution in [3.63, 3.8) is 0 Å². The summed E-state index contributed by atoms with van der Waals surface area (Å²) in [6.45, 7) is 6.93. The Morgan fingerprint density at radius 3 is 2.56 bits per heavy atom. The van der Waals surface area contributed by atoms with Crippen LogP contribution in [0.2, 0.25) is 0 Å². The molecule has 0 unspecified atom stereocenters. The molecule has 0 radical (unpaired) electrons. The first-order valence-corrected chi connectivity index (χ1v) is 7.23. The minimum atomic E-state index is -0.158. The van der Waals surface area contributed by atoms with Gasteiger partial charge in [0.25, 0.3) is 0 Å². The number of hydrogen-bond donors (Lipinski definition) is 0. The number of hydrogen-bond acceptors (Lipinski definition) is 4. The molecule has 0 bridgehead atoms. The minimum Gasteiger partial charge on any atom is -0.492 e. The second-order valence-electron chi connectivity index (χ2n) is 3.93. The van der Waals surface area contributed by atoms with Crippen molar-refractivity contribution in [3.8, 4) is 5.75 Å². The van der Waals surface area contributed by atoms with E-state index in [-0.39, 0.29) is 5.97 Å². The Hall–Kier alpha value is -1.16. The predicted molar refractivity (Wildman–Crippen MR) is 75.4 cm³/mol. The molecule has 3 nitrogen and oxygen atoms in total. The van der Waals surface area contributed by atoms with Gasteiger partial charge >= 0.3 is 5.97 Å². The fraction of sp³-hybridized carbons (Fsp3) is 0.500. The van der Waals surface area contributed by atoms with Crippen molar-refractivity contribution < 1.29 is 14.3 Å². The zero-order valence-corrected chi connectivity index (χ0v) is 12.0. The molecule has 18 heavy (non-hydrogen) atoms. The monoisotopic (exact) mass is 268 g/mol. The first-order valence-electron chi connectivity index (χ1n) is 6.07. The molecule has 0 saturated heterocycles. The third-order valence-corrected chi connectivity index (χ3v) is 3.30. The Kier molecular flexibility index (Phi) is 6.65. The van der Waals surface area contributed by atoms with Crippen molar-refractivity contribution in [3.05, 3.63) is 29.3 Å². The zero-order valence-electron chi connectivity index (χ0n) is 11.2. The molecule has 100 valence electrons.